The Morgan fingerprint density at radius 2 is 1.68 bits per heavy atom. The quantitative estimate of drug-likeness (QED) is 0.366. The molecule has 1 nitrogen and oxygen atoms in total. The second kappa shape index (κ2) is 9.40. The molecule has 0 unspecified atom stereocenters. The van der Waals surface area contributed by atoms with E-state index in [0.29, 0.717) is 0 Å². The molecule has 0 saturated carbocycles. The van der Waals surface area contributed by atoms with Crippen molar-refractivity contribution < 1.29 is 0 Å². The van der Waals surface area contributed by atoms with Crippen molar-refractivity contribution in [1.82, 2.24) is 0 Å². The van der Waals surface area contributed by atoms with E-state index in [-0.39, 0.29) is 0 Å². The van der Waals surface area contributed by atoms with Crippen molar-refractivity contribution in [3.63, 3.8) is 0 Å². The molecular formula is C30H27N. The van der Waals surface area contributed by atoms with E-state index in [1.807, 2.05) is 24.4 Å². The molecule has 0 N–H and O–H groups in total. The zero-order chi connectivity index (χ0) is 21.6. The molecule has 1 aliphatic heterocycles. The molecule has 0 spiro atoms. The summed E-state index contributed by atoms with van der Waals surface area (Å²) in [6.45, 7) is 10.3. The molecule has 0 aliphatic carbocycles. The van der Waals surface area contributed by atoms with Gasteiger partial charge in [-0.3, -0.25) is 4.99 Å². The SMILES string of the molecule is C=Cc1cc(/C=C/c2ccccc2)ccc1/C=C(\CCC)c1ccc2c(c1C=C)=CN=2. The van der Waals surface area contributed by atoms with Gasteiger partial charge in [-0.25, -0.2) is 0 Å². The summed E-state index contributed by atoms with van der Waals surface area (Å²) in [5.74, 6) is 0. The summed E-state index contributed by atoms with van der Waals surface area (Å²) in [6, 6.07) is 21.2. The fraction of sp³-hybridized carbons (Fsp3) is 0.100. The van der Waals surface area contributed by atoms with Gasteiger partial charge in [0.1, 0.15) is 0 Å². The third-order valence-electron chi connectivity index (χ3n) is 5.59. The summed E-state index contributed by atoms with van der Waals surface area (Å²) in [4.78, 5) is 4.34. The Bertz CT molecular complexity index is 1300. The number of allylic oxidation sites excluding steroid dienone is 1. The van der Waals surface area contributed by atoms with Crippen LogP contribution in [0.25, 0.3) is 42.2 Å². The van der Waals surface area contributed by atoms with Gasteiger partial charge in [-0.15, -0.1) is 0 Å². The Balaban J connectivity index is 1.72. The highest BCUT2D eigenvalue weighted by molar-refractivity contribution is 5.88. The average molecular weight is 402 g/mol. The molecule has 31 heavy (non-hydrogen) atoms. The number of hydrogen-bond acceptors (Lipinski definition) is 1. The van der Waals surface area contributed by atoms with Gasteiger partial charge in [-0.2, -0.15) is 0 Å². The van der Waals surface area contributed by atoms with Crippen molar-refractivity contribution in [3.8, 4) is 0 Å². The van der Waals surface area contributed by atoms with Crippen molar-refractivity contribution in [2.75, 3.05) is 0 Å². The Hall–Kier alpha value is -3.71. The zero-order valence-electron chi connectivity index (χ0n) is 18.0. The first-order valence-electron chi connectivity index (χ1n) is 10.8. The van der Waals surface area contributed by atoms with E-state index < -0.39 is 0 Å². The molecule has 3 aromatic carbocycles. The summed E-state index contributed by atoms with van der Waals surface area (Å²) < 4.78 is 0. The molecule has 4 rings (SSSR count). The van der Waals surface area contributed by atoms with Crippen molar-refractivity contribution in [1.29, 1.82) is 0 Å². The third-order valence-corrected chi connectivity index (χ3v) is 5.59. The Morgan fingerprint density at radius 1 is 0.871 bits per heavy atom. The fourth-order valence-corrected chi connectivity index (χ4v) is 3.94. The van der Waals surface area contributed by atoms with Gasteiger partial charge in [-0.05, 0) is 57.5 Å². The molecule has 0 fully saturated rings. The van der Waals surface area contributed by atoms with Crippen LogP contribution in [0.1, 0.15) is 53.1 Å². The second-order valence-corrected chi connectivity index (χ2v) is 7.68. The molecular weight excluding hydrogens is 374 g/mol. The number of benzene rings is 3. The van der Waals surface area contributed by atoms with Gasteiger partial charge in [0.15, 0.2) is 0 Å². The van der Waals surface area contributed by atoms with Crippen molar-refractivity contribution in [2.24, 2.45) is 4.99 Å². The number of rotatable bonds is 8. The molecule has 3 aromatic rings. The largest absolute Gasteiger partial charge is 0.255 e. The molecule has 0 atom stereocenters. The minimum atomic E-state index is 1.00. The standard InChI is InChI=1S/C30H27N/c1-4-10-26(28-17-18-30-29(21-31-30)27(28)6-3)20-25-16-15-23(19-24(25)5-2)14-13-22-11-8-7-9-12-22/h5-9,11-21H,2-4,10H2,1H3/b14-13+,26-20+. The van der Waals surface area contributed by atoms with Crippen LogP contribution in [-0.4, -0.2) is 0 Å². The summed E-state index contributed by atoms with van der Waals surface area (Å²) in [5.41, 5.74) is 8.40. The lowest BCUT2D eigenvalue weighted by atomic mass is 9.91. The van der Waals surface area contributed by atoms with E-state index >= 15 is 0 Å². The lowest BCUT2D eigenvalue weighted by Crippen LogP contribution is -2.34. The number of nitrogens with zero attached hydrogens (tertiary/aromatic N) is 1. The second-order valence-electron chi connectivity index (χ2n) is 7.68. The van der Waals surface area contributed by atoms with E-state index in [9.17, 15) is 0 Å². The lowest BCUT2D eigenvalue weighted by molar-refractivity contribution is 0.975. The molecule has 0 amide bonds. The third kappa shape index (κ3) is 4.41. The first-order valence-corrected chi connectivity index (χ1v) is 10.8. The maximum Gasteiger partial charge on any atom is 0.0724 e. The van der Waals surface area contributed by atoms with E-state index in [0.717, 1.165) is 29.3 Å². The highest BCUT2D eigenvalue weighted by Crippen LogP contribution is 2.27. The van der Waals surface area contributed by atoms with Crippen LogP contribution >= 0.6 is 0 Å². The lowest BCUT2D eigenvalue weighted by Gasteiger charge is -2.14. The molecule has 152 valence electrons. The van der Waals surface area contributed by atoms with Gasteiger partial charge in [0.25, 0.3) is 0 Å². The van der Waals surface area contributed by atoms with Crippen LogP contribution < -0.4 is 10.6 Å². The molecule has 0 bridgehead atoms. The summed E-state index contributed by atoms with van der Waals surface area (Å²) >= 11 is 0. The van der Waals surface area contributed by atoms with Gasteiger partial charge in [-0.1, -0.05) is 105 Å². The molecule has 1 aliphatic rings. The van der Waals surface area contributed by atoms with Gasteiger partial charge in [0, 0.05) is 11.4 Å². The Morgan fingerprint density at radius 3 is 2.35 bits per heavy atom. The highest BCUT2D eigenvalue weighted by atomic mass is 14.7. The van der Waals surface area contributed by atoms with Gasteiger partial charge in [0.2, 0.25) is 0 Å². The van der Waals surface area contributed by atoms with E-state index in [1.165, 1.54) is 33.0 Å². The molecule has 1 heteroatoms. The molecule has 1 heterocycles. The maximum absolute atomic E-state index is 4.34. The normalized spacial score (nSPS) is 12.5. The van der Waals surface area contributed by atoms with Gasteiger partial charge < -0.3 is 0 Å². The Kier molecular flexibility index (Phi) is 6.24. The van der Waals surface area contributed by atoms with Gasteiger partial charge in [0.05, 0.1) is 5.36 Å². The van der Waals surface area contributed by atoms with Crippen LogP contribution in [0.15, 0.2) is 78.8 Å². The first-order chi connectivity index (χ1) is 15.2. The Labute approximate surface area is 184 Å². The highest BCUT2D eigenvalue weighted by Gasteiger charge is 2.11. The predicted molar refractivity (Wildman–Crippen MR) is 136 cm³/mol. The van der Waals surface area contributed by atoms with Crippen LogP contribution in [0.3, 0.4) is 0 Å². The van der Waals surface area contributed by atoms with Crippen LogP contribution in [0, 0.1) is 0 Å². The molecule has 0 radical (unpaired) electrons. The van der Waals surface area contributed by atoms with Crippen LogP contribution in [0.2, 0.25) is 0 Å². The predicted octanol–water partition coefficient (Wildman–Crippen LogP) is 6.85. The average Bonchev–Trinajstić information content (AvgIpc) is 2.79. The van der Waals surface area contributed by atoms with Crippen LogP contribution in [0.4, 0.5) is 0 Å². The van der Waals surface area contributed by atoms with E-state index in [4.69, 9.17) is 0 Å². The molecule has 0 saturated heterocycles. The fourth-order valence-electron chi connectivity index (χ4n) is 3.94. The van der Waals surface area contributed by atoms with Gasteiger partial charge >= 0.3 is 0 Å². The van der Waals surface area contributed by atoms with E-state index in [2.05, 4.69) is 97.9 Å². The van der Waals surface area contributed by atoms with Crippen molar-refractivity contribution in [3.05, 3.63) is 118 Å². The summed E-state index contributed by atoms with van der Waals surface area (Å²) in [7, 11) is 0. The topological polar surface area (TPSA) is 12.4 Å². The van der Waals surface area contributed by atoms with E-state index in [1.54, 1.807) is 0 Å². The van der Waals surface area contributed by atoms with Crippen molar-refractivity contribution in [2.45, 2.75) is 19.8 Å². The van der Waals surface area contributed by atoms with Crippen molar-refractivity contribution >= 4 is 42.2 Å². The summed E-state index contributed by atoms with van der Waals surface area (Å²) in [5, 5.41) is 2.25. The minimum Gasteiger partial charge on any atom is -0.255 e. The maximum atomic E-state index is 4.34. The zero-order valence-corrected chi connectivity index (χ0v) is 18.0. The monoisotopic (exact) mass is 401 g/mol. The summed E-state index contributed by atoms with van der Waals surface area (Å²) in [6.07, 6.45) is 14.5. The number of fused-ring (bicyclic) bond motifs is 1. The molecule has 0 aromatic heterocycles. The minimum absolute atomic E-state index is 1.00. The van der Waals surface area contributed by atoms with Crippen LogP contribution in [0.5, 0.6) is 0 Å². The number of hydrogen-bond donors (Lipinski definition) is 0. The van der Waals surface area contributed by atoms with Crippen LogP contribution in [-0.2, 0) is 0 Å². The first kappa shape index (κ1) is 20.6. The smallest absolute Gasteiger partial charge is 0.0724 e.